The fraction of sp³-hybridized carbons (Fsp3) is 0.364. The van der Waals surface area contributed by atoms with Crippen LogP contribution >= 0.6 is 7.60 Å². The zero-order chi connectivity index (χ0) is 16.8. The molecule has 1 aliphatic rings. The minimum Gasteiger partial charge on any atom is -0.387 e. The lowest BCUT2D eigenvalue weighted by molar-refractivity contribution is -0.0244. The summed E-state index contributed by atoms with van der Waals surface area (Å²) < 4.78 is 17.7. The van der Waals surface area contributed by atoms with Gasteiger partial charge in [-0.15, -0.1) is 0 Å². The highest BCUT2D eigenvalue weighted by Gasteiger charge is 2.43. The number of rotatable bonds is 3. The third-order valence-corrected chi connectivity index (χ3v) is 3.97. The van der Waals surface area contributed by atoms with E-state index in [1.165, 1.54) is 17.2 Å². The highest BCUT2D eigenvalue weighted by atomic mass is 31.2. The summed E-state index contributed by atoms with van der Waals surface area (Å²) in [5.41, 5.74) is 6.29. The molecule has 0 aliphatic carbocycles. The molecule has 1 saturated heterocycles. The Morgan fingerprint density at radius 3 is 2.70 bits per heavy atom. The minimum absolute atomic E-state index is 0.153. The van der Waals surface area contributed by atoms with Crippen molar-refractivity contribution in [3.8, 4) is 0 Å². The first-order valence-corrected chi connectivity index (χ1v) is 8.15. The van der Waals surface area contributed by atoms with Crippen molar-refractivity contribution in [3.63, 3.8) is 0 Å². The number of hydrogen-bond acceptors (Lipinski definition) is 8. The molecule has 3 rings (SSSR count). The van der Waals surface area contributed by atoms with Gasteiger partial charge in [-0.2, -0.15) is 0 Å². The zero-order valence-electron chi connectivity index (χ0n) is 11.5. The van der Waals surface area contributed by atoms with Crippen LogP contribution in [-0.4, -0.2) is 57.8 Å². The largest absolute Gasteiger partial charge is 0.387 e. The van der Waals surface area contributed by atoms with Gasteiger partial charge in [-0.05, 0) is 6.08 Å². The fourth-order valence-electron chi connectivity index (χ4n) is 2.33. The summed E-state index contributed by atoms with van der Waals surface area (Å²) >= 11 is 0. The Morgan fingerprint density at radius 1 is 1.26 bits per heavy atom. The lowest BCUT2D eigenvalue weighted by atomic mass is 10.1. The van der Waals surface area contributed by atoms with E-state index in [9.17, 15) is 14.8 Å². The predicted molar refractivity (Wildman–Crippen MR) is 76.8 cm³/mol. The van der Waals surface area contributed by atoms with Crippen LogP contribution in [0.15, 0.2) is 24.5 Å². The van der Waals surface area contributed by atoms with Crippen LogP contribution in [0.4, 0.5) is 5.82 Å². The number of fused-ring (bicyclic) bond motifs is 1. The first kappa shape index (κ1) is 16.0. The molecule has 0 spiro atoms. The van der Waals surface area contributed by atoms with Crippen molar-refractivity contribution in [2.45, 2.75) is 24.5 Å². The van der Waals surface area contributed by atoms with Crippen molar-refractivity contribution in [2.75, 3.05) is 5.73 Å². The summed E-state index contributed by atoms with van der Waals surface area (Å²) in [7, 11) is -4.40. The van der Waals surface area contributed by atoms with Gasteiger partial charge in [0, 0.05) is 5.82 Å². The summed E-state index contributed by atoms with van der Waals surface area (Å²) in [5.74, 6) is 0.766. The van der Waals surface area contributed by atoms with Gasteiger partial charge in [0.05, 0.1) is 6.33 Å². The second-order valence-corrected chi connectivity index (χ2v) is 6.46. The molecule has 2 aromatic rings. The molecule has 6 N–H and O–H groups in total. The summed E-state index contributed by atoms with van der Waals surface area (Å²) in [6.45, 7) is 0. The summed E-state index contributed by atoms with van der Waals surface area (Å²) in [6.07, 6.45) is -1.31. The van der Waals surface area contributed by atoms with Crippen LogP contribution in [0.2, 0.25) is 0 Å². The molecule has 0 radical (unpaired) electrons. The van der Waals surface area contributed by atoms with Crippen molar-refractivity contribution in [3.05, 3.63) is 24.5 Å². The van der Waals surface area contributed by atoms with Crippen LogP contribution in [0.5, 0.6) is 0 Å². The molecule has 2 aromatic heterocycles. The highest BCUT2D eigenvalue weighted by Crippen LogP contribution is 2.38. The molecular weight excluding hydrogens is 329 g/mol. The molecule has 4 atom stereocenters. The van der Waals surface area contributed by atoms with Gasteiger partial charge >= 0.3 is 7.60 Å². The highest BCUT2D eigenvalue weighted by molar-refractivity contribution is 7.55. The molecule has 124 valence electrons. The molecule has 23 heavy (non-hydrogen) atoms. The van der Waals surface area contributed by atoms with Crippen molar-refractivity contribution < 1.29 is 29.3 Å². The maximum Gasteiger partial charge on any atom is 0.348 e. The average Bonchev–Trinajstić information content (AvgIpc) is 3.01. The normalized spacial score (nSPS) is 28.9. The van der Waals surface area contributed by atoms with Crippen LogP contribution in [0.25, 0.3) is 11.2 Å². The van der Waals surface area contributed by atoms with Crippen LogP contribution in [0.3, 0.4) is 0 Å². The Morgan fingerprint density at radius 2 is 2.00 bits per heavy atom. The van der Waals surface area contributed by atoms with E-state index >= 15 is 0 Å². The first-order chi connectivity index (χ1) is 10.8. The molecule has 0 aromatic carbocycles. The molecule has 0 amide bonds. The molecule has 3 heterocycles. The second-order valence-electron chi connectivity index (χ2n) is 4.99. The van der Waals surface area contributed by atoms with E-state index in [-0.39, 0.29) is 5.82 Å². The maximum atomic E-state index is 10.9. The number of nitrogens with two attached hydrogens (primary N) is 1. The van der Waals surface area contributed by atoms with Crippen molar-refractivity contribution in [1.82, 2.24) is 19.5 Å². The molecule has 1 aliphatic heterocycles. The molecule has 12 heteroatoms. The number of aromatic nitrogens is 4. The quantitative estimate of drug-likeness (QED) is 0.422. The van der Waals surface area contributed by atoms with Gasteiger partial charge in [0.15, 0.2) is 17.7 Å². The lowest BCUT2D eigenvalue weighted by Gasteiger charge is -2.16. The number of aliphatic hydroxyl groups is 2. The lowest BCUT2D eigenvalue weighted by Crippen LogP contribution is -2.30. The van der Waals surface area contributed by atoms with E-state index in [0.29, 0.717) is 17.0 Å². The Hall–Kier alpha value is -1.88. The predicted octanol–water partition coefficient (Wildman–Crippen LogP) is -1.28. The third kappa shape index (κ3) is 2.98. The van der Waals surface area contributed by atoms with Gasteiger partial charge in [0.25, 0.3) is 0 Å². The van der Waals surface area contributed by atoms with E-state index < -0.39 is 32.1 Å². The van der Waals surface area contributed by atoms with Crippen molar-refractivity contribution >= 4 is 24.6 Å². The van der Waals surface area contributed by atoms with Crippen LogP contribution in [-0.2, 0) is 9.30 Å². The summed E-state index contributed by atoms with van der Waals surface area (Å²) in [5, 5.41) is 20.1. The fourth-order valence-corrected chi connectivity index (χ4v) is 2.72. The van der Waals surface area contributed by atoms with Crippen molar-refractivity contribution in [1.29, 1.82) is 0 Å². The maximum absolute atomic E-state index is 10.9. The number of nitrogen functional groups attached to an aromatic ring is 1. The number of aliphatic hydroxyl groups excluding tert-OH is 2. The number of ether oxygens (including phenoxy) is 1. The molecule has 0 bridgehead atoms. The summed E-state index contributed by atoms with van der Waals surface area (Å²) in [4.78, 5) is 29.5. The van der Waals surface area contributed by atoms with Gasteiger partial charge in [0.2, 0.25) is 0 Å². The molecule has 0 saturated carbocycles. The Labute approximate surface area is 129 Å². The minimum atomic E-state index is -4.40. The number of nitrogens with zero attached hydrogens (tertiary/aromatic N) is 4. The van der Waals surface area contributed by atoms with Gasteiger partial charge < -0.3 is 30.5 Å². The second kappa shape index (κ2) is 5.64. The smallest absolute Gasteiger partial charge is 0.348 e. The molecule has 11 nitrogen and oxygen atoms in total. The van der Waals surface area contributed by atoms with Gasteiger partial charge in [-0.3, -0.25) is 9.13 Å². The van der Waals surface area contributed by atoms with Crippen molar-refractivity contribution in [2.24, 2.45) is 0 Å². The van der Waals surface area contributed by atoms with Crippen LogP contribution in [0.1, 0.15) is 6.23 Å². The molecule has 1 fully saturated rings. The molecule has 2 unspecified atom stereocenters. The van der Waals surface area contributed by atoms with Gasteiger partial charge in [0.1, 0.15) is 30.2 Å². The Kier molecular flexibility index (Phi) is 3.92. The topological polar surface area (TPSA) is 177 Å². The monoisotopic (exact) mass is 343 g/mol. The number of hydrogen-bond donors (Lipinski definition) is 5. The number of anilines is 1. The van der Waals surface area contributed by atoms with Crippen LogP contribution < -0.4 is 5.73 Å². The SMILES string of the molecule is Nc1ncnc2c1ncn2[C@@H]1OC(/C=C/P(=O)(O)O)C(O)[C@H]1O. The van der Waals surface area contributed by atoms with E-state index in [1.54, 1.807) is 0 Å². The average molecular weight is 343 g/mol. The van der Waals surface area contributed by atoms with Gasteiger partial charge in [-0.25, -0.2) is 15.0 Å². The van der Waals surface area contributed by atoms with Crippen LogP contribution in [0, 0.1) is 0 Å². The van der Waals surface area contributed by atoms with E-state index in [0.717, 1.165) is 6.08 Å². The van der Waals surface area contributed by atoms with E-state index in [4.69, 9.17) is 20.3 Å². The standard InChI is InChI=1S/C11H14N5O6P/c12-9-6-10(14-3-13-9)16(4-15-6)11-8(18)7(17)5(22-11)1-2-23(19,20)21/h1-5,7-8,11,17-18H,(H2,12,13,14)(H2,19,20,21)/b2-1+/t5?,7?,8-,11-/m1/s1. The van der Waals surface area contributed by atoms with Gasteiger partial charge in [-0.1, -0.05) is 0 Å². The third-order valence-electron chi connectivity index (χ3n) is 3.41. The van der Waals surface area contributed by atoms with E-state index in [2.05, 4.69) is 15.0 Å². The summed E-state index contributed by atoms with van der Waals surface area (Å²) in [6, 6.07) is 0. The Balaban J connectivity index is 1.93. The molecular formula is C11H14N5O6P. The number of imidazole rings is 1. The Bertz CT molecular complexity index is 803. The first-order valence-electron chi connectivity index (χ1n) is 6.47. The van der Waals surface area contributed by atoms with E-state index in [1.807, 2.05) is 0 Å². The zero-order valence-corrected chi connectivity index (χ0v) is 12.4.